The number of aliphatic hydroxyl groups is 1. The van der Waals surface area contributed by atoms with Crippen LogP contribution >= 0.6 is 0 Å². The van der Waals surface area contributed by atoms with E-state index in [4.69, 9.17) is 0 Å². The second-order valence-corrected chi connectivity index (χ2v) is 5.40. The predicted octanol–water partition coefficient (Wildman–Crippen LogP) is 1.49. The summed E-state index contributed by atoms with van der Waals surface area (Å²) >= 11 is 0. The van der Waals surface area contributed by atoms with Crippen molar-refractivity contribution in [1.82, 2.24) is 5.32 Å². The number of anilines is 1. The van der Waals surface area contributed by atoms with Gasteiger partial charge in [0.25, 0.3) is 0 Å². The van der Waals surface area contributed by atoms with Crippen molar-refractivity contribution in [3.8, 4) is 0 Å². The van der Waals surface area contributed by atoms with Crippen molar-refractivity contribution in [2.45, 2.75) is 44.8 Å². The first-order valence-corrected chi connectivity index (χ1v) is 7.02. The molecule has 1 aliphatic carbocycles. The Balaban J connectivity index is 1.87. The van der Waals surface area contributed by atoms with Gasteiger partial charge in [-0.05, 0) is 56.4 Å². The fourth-order valence-corrected chi connectivity index (χ4v) is 2.38. The van der Waals surface area contributed by atoms with E-state index in [0.717, 1.165) is 0 Å². The molecule has 114 valence electrons. The van der Waals surface area contributed by atoms with E-state index < -0.39 is 11.8 Å². The van der Waals surface area contributed by atoms with Gasteiger partial charge in [0.15, 0.2) is 0 Å². The molecule has 5 nitrogen and oxygen atoms in total. The molecule has 2 amide bonds. The van der Waals surface area contributed by atoms with Crippen LogP contribution in [0.2, 0.25) is 0 Å². The Bertz CT molecular complexity index is 540. The zero-order valence-electron chi connectivity index (χ0n) is 11.9. The van der Waals surface area contributed by atoms with Gasteiger partial charge < -0.3 is 15.7 Å². The maximum atomic E-state index is 13.1. The van der Waals surface area contributed by atoms with Crippen LogP contribution in [-0.4, -0.2) is 29.1 Å². The molecule has 0 heterocycles. The molecule has 21 heavy (non-hydrogen) atoms. The van der Waals surface area contributed by atoms with Crippen molar-refractivity contribution in [3.63, 3.8) is 0 Å². The maximum Gasteiger partial charge on any atom is 0.313 e. The number of halogens is 1. The standard InChI is InChI=1S/C15H19FN2O3/c1-9-8-11(4-7-13(9)16)18-15(21)14(20)17-10-2-5-12(19)6-3-10/h4,7-8,10,12,19H,2-3,5-6H2,1H3,(H,17,20)(H,18,21). The van der Waals surface area contributed by atoms with Gasteiger partial charge in [-0.15, -0.1) is 0 Å². The Morgan fingerprint density at radius 1 is 1.19 bits per heavy atom. The lowest BCUT2D eigenvalue weighted by Gasteiger charge is -2.25. The highest BCUT2D eigenvalue weighted by Crippen LogP contribution is 2.18. The van der Waals surface area contributed by atoms with Gasteiger partial charge in [-0.1, -0.05) is 0 Å². The number of amides is 2. The van der Waals surface area contributed by atoms with Crippen LogP contribution in [0, 0.1) is 12.7 Å². The highest BCUT2D eigenvalue weighted by molar-refractivity contribution is 6.39. The lowest BCUT2D eigenvalue weighted by molar-refractivity contribution is -0.136. The fraction of sp³-hybridized carbons (Fsp3) is 0.467. The Kier molecular flexibility index (Phi) is 4.90. The number of aliphatic hydroxyl groups excluding tert-OH is 1. The average molecular weight is 294 g/mol. The van der Waals surface area contributed by atoms with Gasteiger partial charge in [0.2, 0.25) is 0 Å². The number of carbonyl (C=O) groups excluding carboxylic acids is 2. The first-order chi connectivity index (χ1) is 9.95. The molecule has 0 bridgehead atoms. The van der Waals surface area contributed by atoms with Gasteiger partial charge in [-0.2, -0.15) is 0 Å². The van der Waals surface area contributed by atoms with Crippen LogP contribution < -0.4 is 10.6 Å². The molecule has 1 aromatic rings. The van der Waals surface area contributed by atoms with E-state index in [9.17, 15) is 19.1 Å². The number of aryl methyl sites for hydroxylation is 1. The van der Waals surface area contributed by atoms with Crippen LogP contribution in [0.4, 0.5) is 10.1 Å². The summed E-state index contributed by atoms with van der Waals surface area (Å²) in [5, 5.41) is 14.5. The van der Waals surface area contributed by atoms with E-state index in [1.807, 2.05) is 0 Å². The zero-order valence-corrected chi connectivity index (χ0v) is 11.9. The Morgan fingerprint density at radius 2 is 1.86 bits per heavy atom. The first-order valence-electron chi connectivity index (χ1n) is 7.02. The lowest BCUT2D eigenvalue weighted by Crippen LogP contribution is -2.43. The summed E-state index contributed by atoms with van der Waals surface area (Å²) in [7, 11) is 0. The van der Waals surface area contributed by atoms with E-state index in [1.165, 1.54) is 18.2 Å². The van der Waals surface area contributed by atoms with E-state index in [2.05, 4.69) is 10.6 Å². The first kappa shape index (κ1) is 15.4. The third-order valence-corrected chi connectivity index (χ3v) is 3.65. The molecular weight excluding hydrogens is 275 g/mol. The molecule has 0 aromatic heterocycles. The monoisotopic (exact) mass is 294 g/mol. The average Bonchev–Trinajstić information content (AvgIpc) is 2.45. The molecule has 0 unspecified atom stereocenters. The maximum absolute atomic E-state index is 13.1. The van der Waals surface area contributed by atoms with Gasteiger partial charge in [-0.3, -0.25) is 9.59 Å². The minimum Gasteiger partial charge on any atom is -0.393 e. The largest absolute Gasteiger partial charge is 0.393 e. The summed E-state index contributed by atoms with van der Waals surface area (Å²) in [6.07, 6.45) is 2.27. The summed E-state index contributed by atoms with van der Waals surface area (Å²) in [5.41, 5.74) is 0.780. The fourth-order valence-electron chi connectivity index (χ4n) is 2.38. The van der Waals surface area contributed by atoms with E-state index >= 15 is 0 Å². The Labute approximate surface area is 122 Å². The SMILES string of the molecule is Cc1cc(NC(=O)C(=O)NC2CCC(O)CC2)ccc1F. The molecule has 1 fully saturated rings. The molecular formula is C15H19FN2O3. The van der Waals surface area contributed by atoms with Crippen molar-refractivity contribution < 1.29 is 19.1 Å². The number of hydrogen-bond donors (Lipinski definition) is 3. The molecule has 0 saturated heterocycles. The van der Waals surface area contributed by atoms with Gasteiger partial charge in [0.1, 0.15) is 5.82 Å². The van der Waals surface area contributed by atoms with E-state index in [1.54, 1.807) is 6.92 Å². The van der Waals surface area contributed by atoms with Crippen molar-refractivity contribution >= 4 is 17.5 Å². The zero-order chi connectivity index (χ0) is 15.4. The van der Waals surface area contributed by atoms with Crippen LogP contribution in [0.3, 0.4) is 0 Å². The van der Waals surface area contributed by atoms with Crippen LogP contribution in [-0.2, 0) is 9.59 Å². The Morgan fingerprint density at radius 3 is 2.48 bits per heavy atom. The normalized spacial score (nSPS) is 21.7. The summed E-state index contributed by atoms with van der Waals surface area (Å²) in [6.45, 7) is 1.58. The van der Waals surface area contributed by atoms with Crippen LogP contribution in [0.15, 0.2) is 18.2 Å². The second-order valence-electron chi connectivity index (χ2n) is 5.40. The predicted molar refractivity (Wildman–Crippen MR) is 76.2 cm³/mol. The quantitative estimate of drug-likeness (QED) is 0.723. The van der Waals surface area contributed by atoms with Crippen LogP contribution in [0.1, 0.15) is 31.2 Å². The molecule has 0 atom stereocenters. The number of hydrogen-bond acceptors (Lipinski definition) is 3. The number of carbonyl (C=O) groups is 2. The molecule has 0 spiro atoms. The van der Waals surface area contributed by atoms with Crippen molar-refractivity contribution in [2.24, 2.45) is 0 Å². The molecule has 1 aliphatic rings. The van der Waals surface area contributed by atoms with Gasteiger partial charge in [0.05, 0.1) is 6.10 Å². The topological polar surface area (TPSA) is 78.4 Å². The molecule has 6 heteroatoms. The lowest BCUT2D eigenvalue weighted by atomic mass is 9.93. The van der Waals surface area contributed by atoms with Crippen molar-refractivity contribution in [3.05, 3.63) is 29.6 Å². The number of rotatable bonds is 2. The molecule has 0 radical (unpaired) electrons. The summed E-state index contributed by atoms with van der Waals surface area (Å²) in [6, 6.07) is 4.04. The van der Waals surface area contributed by atoms with E-state index in [-0.39, 0.29) is 18.0 Å². The molecule has 1 saturated carbocycles. The van der Waals surface area contributed by atoms with Crippen molar-refractivity contribution in [2.75, 3.05) is 5.32 Å². The summed E-state index contributed by atoms with van der Waals surface area (Å²) in [5.74, 6) is -1.84. The minimum atomic E-state index is -0.771. The van der Waals surface area contributed by atoms with Gasteiger partial charge in [0, 0.05) is 11.7 Å². The van der Waals surface area contributed by atoms with Gasteiger partial charge in [-0.25, -0.2) is 4.39 Å². The van der Waals surface area contributed by atoms with Gasteiger partial charge >= 0.3 is 11.8 Å². The minimum absolute atomic E-state index is 0.0818. The molecule has 3 N–H and O–H groups in total. The summed E-state index contributed by atoms with van der Waals surface area (Å²) < 4.78 is 13.1. The second kappa shape index (κ2) is 6.67. The van der Waals surface area contributed by atoms with E-state index in [0.29, 0.717) is 36.9 Å². The summed E-state index contributed by atoms with van der Waals surface area (Å²) in [4.78, 5) is 23.6. The highest BCUT2D eigenvalue weighted by Gasteiger charge is 2.23. The number of benzene rings is 1. The highest BCUT2D eigenvalue weighted by atomic mass is 19.1. The molecule has 1 aromatic carbocycles. The molecule has 2 rings (SSSR count). The third kappa shape index (κ3) is 4.26. The van der Waals surface area contributed by atoms with Crippen molar-refractivity contribution in [1.29, 1.82) is 0 Å². The Hall–Kier alpha value is -1.95. The molecule has 0 aliphatic heterocycles. The number of nitrogens with one attached hydrogen (secondary N) is 2. The van der Waals surface area contributed by atoms with Crippen LogP contribution in [0.5, 0.6) is 0 Å². The van der Waals surface area contributed by atoms with Crippen LogP contribution in [0.25, 0.3) is 0 Å². The third-order valence-electron chi connectivity index (χ3n) is 3.65. The smallest absolute Gasteiger partial charge is 0.313 e.